The van der Waals surface area contributed by atoms with Gasteiger partial charge < -0.3 is 15.7 Å². The molecule has 4 rings (SSSR count). The van der Waals surface area contributed by atoms with E-state index in [0.29, 0.717) is 21.6 Å². The second-order valence-corrected chi connectivity index (χ2v) is 9.47. The van der Waals surface area contributed by atoms with E-state index in [2.05, 4.69) is 15.6 Å². The van der Waals surface area contributed by atoms with Crippen LogP contribution < -0.4 is 10.6 Å². The van der Waals surface area contributed by atoms with Gasteiger partial charge in [-0.1, -0.05) is 65.1 Å². The second kappa shape index (κ2) is 12.1. The van der Waals surface area contributed by atoms with Crippen molar-refractivity contribution in [2.75, 3.05) is 11.9 Å². The van der Waals surface area contributed by atoms with Gasteiger partial charge in [-0.2, -0.15) is 0 Å². The molecule has 6 nitrogen and oxygen atoms in total. The van der Waals surface area contributed by atoms with Crippen LogP contribution in [-0.2, 0) is 11.3 Å². The molecule has 1 aromatic heterocycles. The number of nitrogens with one attached hydrogen (secondary N) is 2. The molecule has 0 unspecified atom stereocenters. The standard InChI is InChI=1S/C28H22Cl3N3O3/c29-20-4-8-23(18-3-10-26(34-15-18)28(37)32-12-11-27(35)36)19(13-20)16-33-22-6-1-17(2-7-22)24-9-5-21(30)14-25(24)31/h1-10,13-15,33H,11-12,16H2,(H,32,37)(H,35,36). The van der Waals surface area contributed by atoms with Crippen molar-refractivity contribution in [1.29, 1.82) is 0 Å². The first-order chi connectivity index (χ1) is 17.8. The van der Waals surface area contributed by atoms with E-state index in [1.165, 1.54) is 0 Å². The van der Waals surface area contributed by atoms with Gasteiger partial charge in [0.25, 0.3) is 5.91 Å². The van der Waals surface area contributed by atoms with Crippen molar-refractivity contribution >= 4 is 52.4 Å². The molecule has 0 aliphatic heterocycles. The smallest absolute Gasteiger partial charge is 0.305 e. The number of anilines is 1. The van der Waals surface area contributed by atoms with Crippen molar-refractivity contribution in [3.05, 3.63) is 105 Å². The quantitative estimate of drug-likeness (QED) is 0.204. The highest BCUT2D eigenvalue weighted by molar-refractivity contribution is 6.36. The van der Waals surface area contributed by atoms with Crippen LogP contribution in [0.3, 0.4) is 0 Å². The summed E-state index contributed by atoms with van der Waals surface area (Å²) < 4.78 is 0. The fraction of sp³-hybridized carbons (Fsp3) is 0.107. The largest absolute Gasteiger partial charge is 0.481 e. The minimum atomic E-state index is -0.977. The third-order valence-electron chi connectivity index (χ3n) is 5.61. The van der Waals surface area contributed by atoms with E-state index in [1.807, 2.05) is 48.5 Å². The SMILES string of the molecule is O=C(O)CCNC(=O)c1ccc(-c2ccc(Cl)cc2CNc2ccc(-c3ccc(Cl)cc3Cl)cc2)cn1. The maximum atomic E-state index is 12.2. The Hall–Kier alpha value is -3.58. The van der Waals surface area contributed by atoms with E-state index in [0.717, 1.165) is 33.5 Å². The Kier molecular flexibility index (Phi) is 8.66. The van der Waals surface area contributed by atoms with Crippen LogP contribution in [0.2, 0.25) is 15.1 Å². The molecule has 0 saturated carbocycles. The third-order valence-corrected chi connectivity index (χ3v) is 6.39. The molecule has 0 saturated heterocycles. The number of halogens is 3. The van der Waals surface area contributed by atoms with Gasteiger partial charge in [0.1, 0.15) is 5.69 Å². The van der Waals surface area contributed by atoms with E-state index in [1.54, 1.807) is 30.5 Å². The van der Waals surface area contributed by atoms with Crippen LogP contribution in [0.25, 0.3) is 22.3 Å². The number of carbonyl (C=O) groups is 2. The molecule has 188 valence electrons. The molecule has 0 radical (unpaired) electrons. The third kappa shape index (κ3) is 7.01. The Balaban J connectivity index is 1.46. The van der Waals surface area contributed by atoms with Crippen LogP contribution in [0.15, 0.2) is 79.0 Å². The van der Waals surface area contributed by atoms with Crippen molar-refractivity contribution in [3.63, 3.8) is 0 Å². The number of rotatable bonds is 9. The molecular formula is C28H22Cl3N3O3. The molecule has 3 aromatic carbocycles. The molecule has 37 heavy (non-hydrogen) atoms. The number of hydrogen-bond acceptors (Lipinski definition) is 4. The number of amides is 1. The van der Waals surface area contributed by atoms with Gasteiger partial charge in [-0.25, -0.2) is 0 Å². The number of nitrogens with zero attached hydrogens (tertiary/aromatic N) is 1. The zero-order chi connectivity index (χ0) is 26.4. The Morgan fingerprint density at radius 3 is 2.14 bits per heavy atom. The van der Waals surface area contributed by atoms with Crippen LogP contribution in [-0.4, -0.2) is 28.5 Å². The Bertz CT molecular complexity index is 1430. The molecule has 0 atom stereocenters. The Labute approximate surface area is 229 Å². The predicted octanol–water partition coefficient (Wildman–Crippen LogP) is 7.19. The molecule has 4 aromatic rings. The summed E-state index contributed by atoms with van der Waals surface area (Å²) in [5.41, 5.74) is 5.72. The number of aromatic nitrogens is 1. The van der Waals surface area contributed by atoms with E-state index < -0.39 is 11.9 Å². The summed E-state index contributed by atoms with van der Waals surface area (Å²) in [4.78, 5) is 27.1. The molecular weight excluding hydrogens is 533 g/mol. The first-order valence-corrected chi connectivity index (χ1v) is 12.5. The van der Waals surface area contributed by atoms with Gasteiger partial charge in [0.2, 0.25) is 0 Å². The summed E-state index contributed by atoms with van der Waals surface area (Å²) >= 11 is 18.6. The fourth-order valence-corrected chi connectivity index (χ4v) is 4.45. The van der Waals surface area contributed by atoms with Gasteiger partial charge >= 0.3 is 5.97 Å². The summed E-state index contributed by atoms with van der Waals surface area (Å²) in [6, 6.07) is 22.4. The van der Waals surface area contributed by atoms with Crippen molar-refractivity contribution in [2.24, 2.45) is 0 Å². The lowest BCUT2D eigenvalue weighted by Gasteiger charge is -2.13. The van der Waals surface area contributed by atoms with E-state index in [4.69, 9.17) is 39.9 Å². The van der Waals surface area contributed by atoms with Gasteiger partial charge in [0.15, 0.2) is 0 Å². The van der Waals surface area contributed by atoms with Gasteiger partial charge in [-0.3, -0.25) is 14.6 Å². The maximum Gasteiger partial charge on any atom is 0.305 e. The molecule has 3 N–H and O–H groups in total. The van der Waals surface area contributed by atoms with Gasteiger partial charge in [-0.05, 0) is 59.2 Å². The summed E-state index contributed by atoms with van der Waals surface area (Å²) in [6.45, 7) is 0.548. The van der Waals surface area contributed by atoms with Gasteiger partial charge in [0.05, 0.1) is 6.42 Å². The summed E-state index contributed by atoms with van der Waals surface area (Å²) in [6.07, 6.45) is 1.46. The molecule has 0 fully saturated rings. The van der Waals surface area contributed by atoms with E-state index >= 15 is 0 Å². The van der Waals surface area contributed by atoms with Crippen LogP contribution in [0.4, 0.5) is 5.69 Å². The number of carbonyl (C=O) groups excluding carboxylic acids is 1. The van der Waals surface area contributed by atoms with Gasteiger partial charge in [0, 0.05) is 51.2 Å². The second-order valence-electron chi connectivity index (χ2n) is 8.19. The molecule has 0 aliphatic rings. The molecule has 1 amide bonds. The number of hydrogen-bond donors (Lipinski definition) is 3. The topological polar surface area (TPSA) is 91.3 Å². The average Bonchev–Trinajstić information content (AvgIpc) is 2.88. The van der Waals surface area contributed by atoms with Crippen LogP contribution >= 0.6 is 34.8 Å². The lowest BCUT2D eigenvalue weighted by atomic mass is 10.0. The molecule has 0 spiro atoms. The fourth-order valence-electron chi connectivity index (χ4n) is 3.74. The normalized spacial score (nSPS) is 10.7. The van der Waals surface area contributed by atoms with E-state index in [9.17, 15) is 9.59 Å². The minimum absolute atomic E-state index is 0.0400. The van der Waals surface area contributed by atoms with Crippen LogP contribution in [0, 0.1) is 0 Å². The van der Waals surface area contributed by atoms with Crippen molar-refractivity contribution < 1.29 is 14.7 Å². The predicted molar refractivity (Wildman–Crippen MR) is 148 cm³/mol. The summed E-state index contributed by atoms with van der Waals surface area (Å²) in [5.74, 6) is -1.40. The van der Waals surface area contributed by atoms with Crippen molar-refractivity contribution in [3.8, 4) is 22.3 Å². The highest BCUT2D eigenvalue weighted by Crippen LogP contribution is 2.31. The number of benzene rings is 3. The van der Waals surface area contributed by atoms with Crippen molar-refractivity contribution in [2.45, 2.75) is 13.0 Å². The van der Waals surface area contributed by atoms with Crippen LogP contribution in [0.5, 0.6) is 0 Å². The molecule has 0 aliphatic carbocycles. The monoisotopic (exact) mass is 553 g/mol. The van der Waals surface area contributed by atoms with E-state index in [-0.39, 0.29) is 18.7 Å². The summed E-state index contributed by atoms with van der Waals surface area (Å²) in [7, 11) is 0. The average molecular weight is 555 g/mol. The highest BCUT2D eigenvalue weighted by Gasteiger charge is 2.11. The van der Waals surface area contributed by atoms with Crippen LogP contribution in [0.1, 0.15) is 22.5 Å². The highest BCUT2D eigenvalue weighted by atomic mass is 35.5. The maximum absolute atomic E-state index is 12.2. The Morgan fingerprint density at radius 1 is 0.811 bits per heavy atom. The lowest BCUT2D eigenvalue weighted by molar-refractivity contribution is -0.136. The number of carboxylic acids is 1. The molecule has 1 heterocycles. The Morgan fingerprint density at radius 2 is 1.49 bits per heavy atom. The number of aliphatic carboxylic acids is 1. The first kappa shape index (κ1) is 26.5. The molecule has 0 bridgehead atoms. The molecule has 9 heteroatoms. The zero-order valence-corrected chi connectivity index (χ0v) is 21.7. The first-order valence-electron chi connectivity index (χ1n) is 11.3. The van der Waals surface area contributed by atoms with Crippen molar-refractivity contribution in [1.82, 2.24) is 10.3 Å². The minimum Gasteiger partial charge on any atom is -0.481 e. The lowest BCUT2D eigenvalue weighted by Crippen LogP contribution is -2.26. The summed E-state index contributed by atoms with van der Waals surface area (Å²) in [5, 5.41) is 16.5. The van der Waals surface area contributed by atoms with Gasteiger partial charge in [-0.15, -0.1) is 0 Å². The number of carboxylic acid groups (broad SMARTS) is 1. The number of pyridine rings is 1. The zero-order valence-electron chi connectivity index (χ0n) is 19.5.